The van der Waals surface area contributed by atoms with Crippen molar-refractivity contribution < 1.29 is 0 Å². The van der Waals surface area contributed by atoms with Crippen LogP contribution >= 0.6 is 0 Å². The molecule has 128 valence electrons. The first-order valence-electron chi connectivity index (χ1n) is 9.03. The first kappa shape index (κ1) is 16.7. The summed E-state index contributed by atoms with van der Waals surface area (Å²) in [5, 5.41) is 0. The summed E-state index contributed by atoms with van der Waals surface area (Å²) in [7, 11) is 0. The SMILES string of the molecule is CCCCn1c(=O)[nH]c2c(c1=O)C(CC)(CC)Cc1ccccc1-2. The Balaban J connectivity index is 2.34. The maximum atomic E-state index is 13.2. The number of rotatable bonds is 5. The Morgan fingerprint density at radius 1 is 1.12 bits per heavy atom. The van der Waals surface area contributed by atoms with Crippen LogP contribution in [-0.2, 0) is 18.4 Å². The topological polar surface area (TPSA) is 54.9 Å². The van der Waals surface area contributed by atoms with Gasteiger partial charge in [0.1, 0.15) is 0 Å². The minimum absolute atomic E-state index is 0.0968. The normalized spacial score (nSPS) is 15.0. The predicted molar refractivity (Wildman–Crippen MR) is 97.6 cm³/mol. The first-order valence-corrected chi connectivity index (χ1v) is 9.03. The monoisotopic (exact) mass is 326 g/mol. The molecule has 4 heteroatoms. The Hall–Kier alpha value is -2.10. The highest BCUT2D eigenvalue weighted by atomic mass is 16.2. The van der Waals surface area contributed by atoms with Crippen LogP contribution in [0.5, 0.6) is 0 Å². The third-order valence-electron chi connectivity index (χ3n) is 5.62. The van der Waals surface area contributed by atoms with E-state index < -0.39 is 0 Å². The number of unbranched alkanes of at least 4 members (excludes halogenated alkanes) is 1. The Morgan fingerprint density at radius 2 is 1.83 bits per heavy atom. The fraction of sp³-hybridized carbons (Fsp3) is 0.500. The standard InChI is InChI=1S/C20H26N2O2/c1-4-7-12-22-18(23)16-17(21-19(22)24)15-11-9-8-10-14(15)13-20(16,5-2)6-3/h8-11H,4-7,12-13H2,1-3H3,(H,21,24). The summed E-state index contributed by atoms with van der Waals surface area (Å²) in [5.74, 6) is 0. The number of nitrogens with zero attached hydrogens (tertiary/aromatic N) is 1. The molecule has 3 rings (SSSR count). The van der Waals surface area contributed by atoms with Crippen LogP contribution in [0.3, 0.4) is 0 Å². The van der Waals surface area contributed by atoms with Gasteiger partial charge < -0.3 is 4.98 Å². The largest absolute Gasteiger partial charge is 0.328 e. The Bertz CT molecular complexity index is 857. The molecule has 0 bridgehead atoms. The van der Waals surface area contributed by atoms with Crippen LogP contribution in [-0.4, -0.2) is 9.55 Å². The molecular weight excluding hydrogens is 300 g/mol. The molecule has 0 saturated carbocycles. The zero-order valence-electron chi connectivity index (χ0n) is 14.8. The molecule has 0 amide bonds. The zero-order valence-corrected chi connectivity index (χ0v) is 14.8. The van der Waals surface area contributed by atoms with E-state index in [4.69, 9.17) is 0 Å². The summed E-state index contributed by atoms with van der Waals surface area (Å²) in [4.78, 5) is 28.8. The first-order chi connectivity index (χ1) is 11.6. The molecule has 24 heavy (non-hydrogen) atoms. The smallest absolute Gasteiger partial charge is 0.306 e. The summed E-state index contributed by atoms with van der Waals surface area (Å²) < 4.78 is 1.40. The van der Waals surface area contributed by atoms with Crippen molar-refractivity contribution in [2.45, 2.75) is 64.8 Å². The molecule has 0 fully saturated rings. The Kier molecular flexibility index (Phi) is 4.48. The second-order valence-electron chi connectivity index (χ2n) is 6.81. The van der Waals surface area contributed by atoms with Crippen LogP contribution < -0.4 is 11.2 Å². The summed E-state index contributed by atoms with van der Waals surface area (Å²) >= 11 is 0. The molecular formula is C20H26N2O2. The van der Waals surface area contributed by atoms with E-state index in [2.05, 4.69) is 31.8 Å². The number of H-pyrrole nitrogens is 1. The van der Waals surface area contributed by atoms with Gasteiger partial charge in [0, 0.05) is 23.1 Å². The molecule has 1 N–H and O–H groups in total. The third-order valence-corrected chi connectivity index (χ3v) is 5.62. The van der Waals surface area contributed by atoms with Gasteiger partial charge in [-0.15, -0.1) is 0 Å². The van der Waals surface area contributed by atoms with Crippen molar-refractivity contribution in [1.29, 1.82) is 0 Å². The molecule has 0 aliphatic heterocycles. The number of hydrogen-bond acceptors (Lipinski definition) is 2. The number of fused-ring (bicyclic) bond motifs is 3. The van der Waals surface area contributed by atoms with Crippen LogP contribution in [0.2, 0.25) is 0 Å². The van der Waals surface area contributed by atoms with Gasteiger partial charge in [0.05, 0.1) is 5.69 Å². The molecule has 0 atom stereocenters. The van der Waals surface area contributed by atoms with Crippen molar-refractivity contribution in [3.05, 3.63) is 56.2 Å². The molecule has 1 aromatic carbocycles. The maximum absolute atomic E-state index is 13.2. The number of aromatic nitrogens is 2. The van der Waals surface area contributed by atoms with E-state index in [1.807, 2.05) is 18.2 Å². The number of hydrogen-bond donors (Lipinski definition) is 1. The molecule has 4 nitrogen and oxygen atoms in total. The highest BCUT2D eigenvalue weighted by Crippen LogP contribution is 2.43. The van der Waals surface area contributed by atoms with Crippen molar-refractivity contribution in [2.75, 3.05) is 0 Å². The highest BCUT2D eigenvalue weighted by Gasteiger charge is 2.39. The summed E-state index contributed by atoms with van der Waals surface area (Å²) in [6, 6.07) is 8.11. The van der Waals surface area contributed by atoms with Crippen molar-refractivity contribution in [1.82, 2.24) is 9.55 Å². The van der Waals surface area contributed by atoms with Gasteiger partial charge in [-0.2, -0.15) is 0 Å². The predicted octanol–water partition coefficient (Wildman–Crippen LogP) is 3.62. The number of benzene rings is 1. The van der Waals surface area contributed by atoms with Crippen LogP contribution in [0, 0.1) is 0 Å². The van der Waals surface area contributed by atoms with Gasteiger partial charge >= 0.3 is 5.69 Å². The van der Waals surface area contributed by atoms with E-state index >= 15 is 0 Å². The van der Waals surface area contributed by atoms with E-state index in [0.29, 0.717) is 6.54 Å². The van der Waals surface area contributed by atoms with Crippen molar-refractivity contribution >= 4 is 0 Å². The molecule has 0 saturated heterocycles. The molecule has 1 aromatic heterocycles. The van der Waals surface area contributed by atoms with Crippen LogP contribution in [0.1, 0.15) is 57.6 Å². The number of nitrogens with one attached hydrogen (secondary N) is 1. The minimum Gasteiger partial charge on any atom is -0.306 e. The molecule has 2 aromatic rings. The lowest BCUT2D eigenvalue weighted by atomic mass is 9.66. The Morgan fingerprint density at radius 3 is 2.50 bits per heavy atom. The van der Waals surface area contributed by atoms with Gasteiger partial charge in [-0.3, -0.25) is 9.36 Å². The van der Waals surface area contributed by atoms with Crippen molar-refractivity contribution in [3.63, 3.8) is 0 Å². The van der Waals surface area contributed by atoms with E-state index in [-0.39, 0.29) is 16.7 Å². The second kappa shape index (κ2) is 6.42. The lowest BCUT2D eigenvalue weighted by Crippen LogP contribution is -2.45. The molecule has 0 radical (unpaired) electrons. The third kappa shape index (κ3) is 2.45. The van der Waals surface area contributed by atoms with E-state index in [1.54, 1.807) is 0 Å². The van der Waals surface area contributed by atoms with E-state index in [0.717, 1.165) is 48.9 Å². The van der Waals surface area contributed by atoms with Gasteiger partial charge in [-0.05, 0) is 31.2 Å². The fourth-order valence-corrected chi connectivity index (χ4v) is 4.01. The zero-order chi connectivity index (χ0) is 17.3. The molecule has 0 spiro atoms. The molecule has 0 unspecified atom stereocenters. The lowest BCUT2D eigenvalue weighted by Gasteiger charge is -2.38. The molecule has 1 heterocycles. The quantitative estimate of drug-likeness (QED) is 0.912. The van der Waals surface area contributed by atoms with Crippen LogP contribution in [0.15, 0.2) is 33.9 Å². The van der Waals surface area contributed by atoms with Crippen LogP contribution in [0.4, 0.5) is 0 Å². The molecule has 1 aliphatic rings. The number of aromatic amines is 1. The highest BCUT2D eigenvalue weighted by molar-refractivity contribution is 5.71. The summed E-state index contributed by atoms with van der Waals surface area (Å²) in [6.45, 7) is 6.84. The van der Waals surface area contributed by atoms with Crippen LogP contribution in [0.25, 0.3) is 11.3 Å². The van der Waals surface area contributed by atoms with Gasteiger partial charge in [-0.1, -0.05) is 51.5 Å². The van der Waals surface area contributed by atoms with E-state index in [1.165, 1.54) is 10.1 Å². The fourth-order valence-electron chi connectivity index (χ4n) is 4.01. The van der Waals surface area contributed by atoms with Gasteiger partial charge in [0.2, 0.25) is 0 Å². The van der Waals surface area contributed by atoms with E-state index in [9.17, 15) is 9.59 Å². The average molecular weight is 326 g/mol. The van der Waals surface area contributed by atoms with Crippen molar-refractivity contribution in [2.24, 2.45) is 0 Å². The lowest BCUT2D eigenvalue weighted by molar-refractivity contribution is 0.377. The summed E-state index contributed by atoms with van der Waals surface area (Å²) in [6.07, 6.45) is 4.43. The van der Waals surface area contributed by atoms with Gasteiger partial charge in [0.15, 0.2) is 0 Å². The Labute approximate surface area is 142 Å². The second-order valence-corrected chi connectivity index (χ2v) is 6.81. The minimum atomic E-state index is -0.287. The summed E-state index contributed by atoms with van der Waals surface area (Å²) in [5.41, 5.74) is 3.19. The van der Waals surface area contributed by atoms with Crippen molar-refractivity contribution in [3.8, 4) is 11.3 Å². The van der Waals surface area contributed by atoms with Gasteiger partial charge in [-0.25, -0.2) is 4.79 Å². The average Bonchev–Trinajstić information content (AvgIpc) is 2.60. The maximum Gasteiger partial charge on any atom is 0.328 e. The van der Waals surface area contributed by atoms with Gasteiger partial charge in [0.25, 0.3) is 5.56 Å². The molecule has 1 aliphatic carbocycles.